The van der Waals surface area contributed by atoms with Crippen molar-refractivity contribution in [3.63, 3.8) is 0 Å². The lowest BCUT2D eigenvalue weighted by Gasteiger charge is -2.06. The maximum absolute atomic E-state index is 12.1. The van der Waals surface area contributed by atoms with Crippen molar-refractivity contribution in [2.75, 3.05) is 7.11 Å². The Morgan fingerprint density at radius 1 is 1.39 bits per heavy atom. The van der Waals surface area contributed by atoms with Crippen molar-refractivity contribution in [3.05, 3.63) is 47.5 Å². The quantitative estimate of drug-likeness (QED) is 0.776. The first-order chi connectivity index (χ1) is 8.61. The van der Waals surface area contributed by atoms with Gasteiger partial charge in [-0.2, -0.15) is 0 Å². The van der Waals surface area contributed by atoms with E-state index in [0.717, 1.165) is 11.4 Å². The number of nitrogens with zero attached hydrogens (tertiary/aromatic N) is 2. The molecule has 4 nitrogen and oxygen atoms in total. The van der Waals surface area contributed by atoms with Crippen molar-refractivity contribution < 1.29 is 9.53 Å². The van der Waals surface area contributed by atoms with Crippen LogP contribution in [-0.4, -0.2) is 22.4 Å². The van der Waals surface area contributed by atoms with Gasteiger partial charge in [0, 0.05) is 11.3 Å². The Balaban J connectivity index is 2.19. The molecule has 0 aliphatic rings. The predicted octanol–water partition coefficient (Wildman–Crippen LogP) is 2.39. The number of rotatable bonds is 4. The lowest BCUT2D eigenvalue weighted by molar-refractivity contribution is 0.0971. The van der Waals surface area contributed by atoms with Crippen LogP contribution >= 0.6 is 0 Å². The fraction of sp³-hybridized carbons (Fsp3) is 0.286. The minimum atomic E-state index is 0.0504. The van der Waals surface area contributed by atoms with Crippen LogP contribution in [0.1, 0.15) is 21.7 Å². The number of aryl methyl sites for hydroxylation is 1. The molecule has 94 valence electrons. The zero-order valence-corrected chi connectivity index (χ0v) is 10.8. The van der Waals surface area contributed by atoms with Crippen LogP contribution in [0, 0.1) is 13.8 Å². The summed E-state index contributed by atoms with van der Waals surface area (Å²) in [7, 11) is 1.59. The van der Waals surface area contributed by atoms with Crippen molar-refractivity contribution in [2.45, 2.75) is 20.4 Å². The largest absolute Gasteiger partial charge is 0.497 e. The molecule has 1 aromatic carbocycles. The van der Waals surface area contributed by atoms with Gasteiger partial charge < -0.3 is 9.30 Å². The van der Waals surface area contributed by atoms with E-state index in [1.54, 1.807) is 25.6 Å². The van der Waals surface area contributed by atoms with Gasteiger partial charge >= 0.3 is 0 Å². The summed E-state index contributed by atoms with van der Waals surface area (Å²) in [6.45, 7) is 4.20. The molecule has 0 unspecified atom stereocenters. The number of ketones is 1. The van der Waals surface area contributed by atoms with E-state index in [-0.39, 0.29) is 5.78 Å². The Morgan fingerprint density at radius 2 is 2.17 bits per heavy atom. The van der Waals surface area contributed by atoms with Crippen molar-refractivity contribution in [2.24, 2.45) is 0 Å². The summed E-state index contributed by atoms with van der Waals surface area (Å²) in [4.78, 5) is 16.3. The van der Waals surface area contributed by atoms with E-state index in [0.29, 0.717) is 17.9 Å². The average molecular weight is 244 g/mol. The molecule has 0 amide bonds. The smallest absolute Gasteiger partial charge is 0.182 e. The summed E-state index contributed by atoms with van der Waals surface area (Å²) >= 11 is 0. The van der Waals surface area contributed by atoms with Gasteiger partial charge in [-0.25, -0.2) is 4.98 Å². The molecule has 0 bridgehead atoms. The van der Waals surface area contributed by atoms with Gasteiger partial charge in [-0.1, -0.05) is 12.1 Å². The first-order valence-electron chi connectivity index (χ1n) is 5.77. The highest BCUT2D eigenvalue weighted by Gasteiger charge is 2.10. The van der Waals surface area contributed by atoms with Gasteiger partial charge in [0.2, 0.25) is 0 Å². The first-order valence-corrected chi connectivity index (χ1v) is 5.77. The van der Waals surface area contributed by atoms with E-state index < -0.39 is 0 Å². The van der Waals surface area contributed by atoms with Gasteiger partial charge in [-0.3, -0.25) is 4.79 Å². The molecule has 0 aliphatic carbocycles. The normalized spacial score (nSPS) is 10.4. The summed E-state index contributed by atoms with van der Waals surface area (Å²) in [6.07, 6.45) is 1.70. The molecule has 1 heterocycles. The van der Waals surface area contributed by atoms with Crippen molar-refractivity contribution in [3.8, 4) is 5.75 Å². The predicted molar refractivity (Wildman–Crippen MR) is 69.0 cm³/mol. The van der Waals surface area contributed by atoms with Gasteiger partial charge in [0.25, 0.3) is 0 Å². The van der Waals surface area contributed by atoms with Gasteiger partial charge in [-0.15, -0.1) is 0 Å². The summed E-state index contributed by atoms with van der Waals surface area (Å²) in [5, 5.41) is 0. The maximum Gasteiger partial charge on any atom is 0.182 e. The highest BCUT2D eigenvalue weighted by Crippen LogP contribution is 2.14. The number of methoxy groups -OCH3 is 1. The van der Waals surface area contributed by atoms with E-state index >= 15 is 0 Å². The average Bonchev–Trinajstić information content (AvgIpc) is 2.71. The van der Waals surface area contributed by atoms with Crippen LogP contribution in [0.15, 0.2) is 30.6 Å². The fourth-order valence-electron chi connectivity index (χ4n) is 1.75. The Kier molecular flexibility index (Phi) is 3.46. The van der Waals surface area contributed by atoms with Crippen molar-refractivity contribution >= 4 is 5.78 Å². The summed E-state index contributed by atoms with van der Waals surface area (Å²) in [5.41, 5.74) is 2.62. The molecule has 0 aliphatic heterocycles. The van der Waals surface area contributed by atoms with Gasteiger partial charge in [0.1, 0.15) is 5.75 Å². The Morgan fingerprint density at radius 3 is 2.78 bits per heavy atom. The molecule has 0 saturated heterocycles. The molecule has 2 rings (SSSR count). The molecule has 0 radical (unpaired) electrons. The van der Waals surface area contributed by atoms with E-state index in [2.05, 4.69) is 4.98 Å². The molecule has 0 fully saturated rings. The van der Waals surface area contributed by atoms with Crippen LogP contribution in [0.3, 0.4) is 0 Å². The molecule has 0 N–H and O–H groups in total. The SMILES string of the molecule is COc1cccc(C(=O)Cn2cnc(C)c2C)c1. The number of benzene rings is 1. The van der Waals surface area contributed by atoms with Crippen LogP contribution < -0.4 is 4.74 Å². The maximum atomic E-state index is 12.1. The van der Waals surface area contributed by atoms with E-state index in [9.17, 15) is 4.79 Å². The van der Waals surface area contributed by atoms with Gasteiger partial charge in [0.05, 0.1) is 25.7 Å². The van der Waals surface area contributed by atoms with Crippen LogP contribution in [0.2, 0.25) is 0 Å². The Labute approximate surface area is 106 Å². The minimum Gasteiger partial charge on any atom is -0.497 e. The second-order valence-corrected chi connectivity index (χ2v) is 4.20. The summed E-state index contributed by atoms with van der Waals surface area (Å²) in [5.74, 6) is 0.744. The van der Waals surface area contributed by atoms with Crippen molar-refractivity contribution in [1.29, 1.82) is 0 Å². The van der Waals surface area contributed by atoms with Crippen LogP contribution in [0.4, 0.5) is 0 Å². The third kappa shape index (κ3) is 2.42. The summed E-state index contributed by atoms with van der Waals surface area (Å²) in [6, 6.07) is 7.19. The third-order valence-electron chi connectivity index (χ3n) is 3.05. The molecule has 18 heavy (non-hydrogen) atoms. The lowest BCUT2D eigenvalue weighted by atomic mass is 10.1. The van der Waals surface area contributed by atoms with Gasteiger partial charge in [0.15, 0.2) is 5.78 Å². The number of Topliss-reactive ketones (excluding diaryl/α,β-unsaturated/α-hetero) is 1. The topological polar surface area (TPSA) is 44.1 Å². The standard InChI is InChI=1S/C14H16N2O2/c1-10-11(2)16(9-15-10)8-14(17)12-5-4-6-13(7-12)18-3/h4-7,9H,8H2,1-3H3. The molecule has 2 aromatic rings. The zero-order chi connectivity index (χ0) is 13.1. The summed E-state index contributed by atoms with van der Waals surface area (Å²) < 4.78 is 6.97. The number of aromatic nitrogens is 2. The van der Waals surface area contributed by atoms with Crippen molar-refractivity contribution in [1.82, 2.24) is 9.55 Å². The van der Waals surface area contributed by atoms with Crippen LogP contribution in [0.5, 0.6) is 5.75 Å². The molecule has 0 saturated carbocycles. The molecule has 0 atom stereocenters. The highest BCUT2D eigenvalue weighted by atomic mass is 16.5. The molecule has 4 heteroatoms. The molecule has 1 aromatic heterocycles. The first kappa shape index (κ1) is 12.4. The van der Waals surface area contributed by atoms with Gasteiger partial charge in [-0.05, 0) is 26.0 Å². The van der Waals surface area contributed by atoms with E-state index in [1.165, 1.54) is 0 Å². The Hall–Kier alpha value is -2.10. The third-order valence-corrected chi connectivity index (χ3v) is 3.05. The van der Waals surface area contributed by atoms with Crippen LogP contribution in [0.25, 0.3) is 0 Å². The monoisotopic (exact) mass is 244 g/mol. The number of carbonyl (C=O) groups excluding carboxylic acids is 1. The van der Waals surface area contributed by atoms with Crippen LogP contribution in [-0.2, 0) is 6.54 Å². The molecular formula is C14H16N2O2. The van der Waals surface area contributed by atoms with E-state index in [4.69, 9.17) is 4.74 Å². The second kappa shape index (κ2) is 5.04. The zero-order valence-electron chi connectivity index (χ0n) is 10.8. The van der Waals surface area contributed by atoms with E-state index in [1.807, 2.05) is 30.5 Å². The lowest BCUT2D eigenvalue weighted by Crippen LogP contribution is -2.11. The number of carbonyl (C=O) groups is 1. The second-order valence-electron chi connectivity index (χ2n) is 4.20. The minimum absolute atomic E-state index is 0.0504. The Bertz CT molecular complexity index is 573. The molecular weight excluding hydrogens is 228 g/mol. The number of ether oxygens (including phenoxy) is 1. The number of imidazole rings is 1. The fourth-order valence-corrected chi connectivity index (χ4v) is 1.75. The number of hydrogen-bond donors (Lipinski definition) is 0. The highest BCUT2D eigenvalue weighted by molar-refractivity contribution is 5.96. The number of hydrogen-bond acceptors (Lipinski definition) is 3. The molecule has 0 spiro atoms.